The van der Waals surface area contributed by atoms with Crippen LogP contribution in [0, 0.1) is 17.2 Å². The summed E-state index contributed by atoms with van der Waals surface area (Å²) in [6.07, 6.45) is 3.46. The van der Waals surface area contributed by atoms with E-state index in [4.69, 9.17) is 5.26 Å². The third kappa shape index (κ3) is 2.19. The Morgan fingerprint density at radius 1 is 1.69 bits per heavy atom. The summed E-state index contributed by atoms with van der Waals surface area (Å²) >= 11 is 0. The SMILES string of the molecule is CC(C)C(=O)c1ccn(CC#N)c1. The molecule has 3 heteroatoms. The molecule has 0 aromatic carbocycles. The summed E-state index contributed by atoms with van der Waals surface area (Å²) in [5.74, 6) is 0.134. The largest absolute Gasteiger partial charge is 0.340 e. The molecule has 13 heavy (non-hydrogen) atoms. The fourth-order valence-electron chi connectivity index (χ4n) is 1.10. The molecule has 1 rings (SSSR count). The lowest BCUT2D eigenvalue weighted by Crippen LogP contribution is -2.06. The minimum atomic E-state index is 0.0120. The van der Waals surface area contributed by atoms with Crippen LogP contribution in [-0.4, -0.2) is 10.4 Å². The normalized spacial score (nSPS) is 10.0. The van der Waals surface area contributed by atoms with Crippen molar-refractivity contribution in [1.29, 1.82) is 5.26 Å². The lowest BCUT2D eigenvalue weighted by Gasteiger charge is -1.99. The highest BCUT2D eigenvalue weighted by Gasteiger charge is 2.10. The molecule has 0 radical (unpaired) electrons. The number of carbonyl (C=O) groups is 1. The molecule has 0 saturated heterocycles. The number of carbonyl (C=O) groups excluding carboxylic acids is 1. The number of hydrogen-bond acceptors (Lipinski definition) is 2. The first-order valence-corrected chi connectivity index (χ1v) is 4.22. The number of Topliss-reactive ketones (excluding diaryl/α,β-unsaturated/α-hetero) is 1. The summed E-state index contributed by atoms with van der Waals surface area (Å²) in [5, 5.41) is 8.42. The van der Waals surface area contributed by atoms with Crippen LogP contribution in [0.25, 0.3) is 0 Å². The predicted molar refractivity (Wildman–Crippen MR) is 49.2 cm³/mol. The van der Waals surface area contributed by atoms with Crippen LogP contribution in [0.1, 0.15) is 24.2 Å². The molecule has 0 fully saturated rings. The van der Waals surface area contributed by atoms with Crippen LogP contribution in [0.5, 0.6) is 0 Å². The van der Waals surface area contributed by atoms with Crippen LogP contribution in [-0.2, 0) is 6.54 Å². The average Bonchev–Trinajstić information content (AvgIpc) is 2.52. The highest BCUT2D eigenvalue weighted by Crippen LogP contribution is 2.08. The smallest absolute Gasteiger partial charge is 0.166 e. The fourth-order valence-corrected chi connectivity index (χ4v) is 1.10. The monoisotopic (exact) mass is 176 g/mol. The molecular weight excluding hydrogens is 164 g/mol. The summed E-state index contributed by atoms with van der Waals surface area (Å²) in [5.41, 5.74) is 0.685. The van der Waals surface area contributed by atoms with Crippen molar-refractivity contribution in [2.24, 2.45) is 5.92 Å². The number of hydrogen-bond donors (Lipinski definition) is 0. The summed E-state index contributed by atoms with van der Waals surface area (Å²) < 4.78 is 1.70. The topological polar surface area (TPSA) is 45.8 Å². The highest BCUT2D eigenvalue weighted by molar-refractivity contribution is 5.97. The Morgan fingerprint density at radius 2 is 2.38 bits per heavy atom. The lowest BCUT2D eigenvalue weighted by molar-refractivity contribution is 0.0939. The number of nitriles is 1. The zero-order valence-electron chi connectivity index (χ0n) is 7.82. The van der Waals surface area contributed by atoms with Gasteiger partial charge in [0.25, 0.3) is 0 Å². The molecule has 1 aromatic rings. The van der Waals surface area contributed by atoms with E-state index in [2.05, 4.69) is 0 Å². The predicted octanol–water partition coefficient (Wildman–Crippen LogP) is 1.85. The van der Waals surface area contributed by atoms with Gasteiger partial charge in [-0.3, -0.25) is 4.79 Å². The van der Waals surface area contributed by atoms with Crippen LogP contribution in [0.4, 0.5) is 0 Å². The molecule has 3 nitrogen and oxygen atoms in total. The van der Waals surface area contributed by atoms with Crippen molar-refractivity contribution in [3.05, 3.63) is 24.0 Å². The van der Waals surface area contributed by atoms with Crippen molar-refractivity contribution in [3.63, 3.8) is 0 Å². The molecule has 68 valence electrons. The molecule has 0 saturated carbocycles. The van der Waals surface area contributed by atoms with E-state index in [9.17, 15) is 4.79 Å². The summed E-state index contributed by atoms with van der Waals surface area (Å²) in [4.78, 5) is 11.5. The Morgan fingerprint density at radius 3 is 2.92 bits per heavy atom. The molecule has 1 heterocycles. The van der Waals surface area contributed by atoms with Crippen LogP contribution in [0.2, 0.25) is 0 Å². The average molecular weight is 176 g/mol. The van der Waals surface area contributed by atoms with E-state index < -0.39 is 0 Å². The minimum Gasteiger partial charge on any atom is -0.340 e. The van der Waals surface area contributed by atoms with E-state index >= 15 is 0 Å². The molecular formula is C10H12N2O. The second kappa shape index (κ2) is 3.90. The molecule has 0 spiro atoms. The highest BCUT2D eigenvalue weighted by atomic mass is 16.1. The van der Waals surface area contributed by atoms with Gasteiger partial charge in [0.1, 0.15) is 6.54 Å². The van der Waals surface area contributed by atoms with Gasteiger partial charge in [-0.15, -0.1) is 0 Å². The maximum absolute atomic E-state index is 11.5. The lowest BCUT2D eigenvalue weighted by atomic mass is 10.0. The molecule has 0 N–H and O–H groups in total. The summed E-state index contributed by atoms with van der Waals surface area (Å²) in [6, 6.07) is 3.77. The Balaban J connectivity index is 2.81. The van der Waals surface area contributed by atoms with Crippen LogP contribution >= 0.6 is 0 Å². The Bertz CT molecular complexity index is 344. The standard InChI is InChI=1S/C10H12N2O/c1-8(2)10(13)9-3-5-12(7-9)6-4-11/h3,5,7-8H,6H2,1-2H3. The van der Waals surface area contributed by atoms with Crippen molar-refractivity contribution >= 4 is 5.78 Å². The van der Waals surface area contributed by atoms with Gasteiger partial charge in [0.05, 0.1) is 6.07 Å². The van der Waals surface area contributed by atoms with Crippen LogP contribution in [0.15, 0.2) is 18.5 Å². The quantitative estimate of drug-likeness (QED) is 0.660. The van der Waals surface area contributed by atoms with Gasteiger partial charge in [0, 0.05) is 23.9 Å². The second-order valence-corrected chi connectivity index (χ2v) is 3.25. The van der Waals surface area contributed by atoms with Gasteiger partial charge in [0.15, 0.2) is 5.78 Å². The van der Waals surface area contributed by atoms with Gasteiger partial charge < -0.3 is 4.57 Å². The Labute approximate surface area is 77.6 Å². The van der Waals surface area contributed by atoms with Crippen LogP contribution < -0.4 is 0 Å². The van der Waals surface area contributed by atoms with Crippen molar-refractivity contribution in [2.75, 3.05) is 0 Å². The molecule has 0 amide bonds. The molecule has 0 aliphatic carbocycles. The van der Waals surface area contributed by atoms with Gasteiger partial charge in [-0.05, 0) is 6.07 Å². The minimum absolute atomic E-state index is 0.0120. The maximum atomic E-state index is 11.5. The zero-order chi connectivity index (χ0) is 9.84. The first-order valence-electron chi connectivity index (χ1n) is 4.22. The third-order valence-corrected chi connectivity index (χ3v) is 1.81. The van der Waals surface area contributed by atoms with E-state index in [1.54, 1.807) is 23.0 Å². The second-order valence-electron chi connectivity index (χ2n) is 3.25. The summed E-state index contributed by atoms with van der Waals surface area (Å²) in [7, 11) is 0. The summed E-state index contributed by atoms with van der Waals surface area (Å²) in [6.45, 7) is 4.03. The van der Waals surface area contributed by atoms with Crippen LogP contribution in [0.3, 0.4) is 0 Å². The van der Waals surface area contributed by atoms with Gasteiger partial charge in [0.2, 0.25) is 0 Å². The maximum Gasteiger partial charge on any atom is 0.166 e. The zero-order valence-corrected chi connectivity index (χ0v) is 7.82. The molecule has 0 bridgehead atoms. The first-order chi connectivity index (χ1) is 6.15. The van der Waals surface area contributed by atoms with Crippen molar-refractivity contribution in [2.45, 2.75) is 20.4 Å². The van der Waals surface area contributed by atoms with Gasteiger partial charge in [-0.1, -0.05) is 13.8 Å². The third-order valence-electron chi connectivity index (χ3n) is 1.81. The number of rotatable bonds is 3. The van der Waals surface area contributed by atoms with Gasteiger partial charge in [-0.2, -0.15) is 5.26 Å². The van der Waals surface area contributed by atoms with Gasteiger partial charge in [-0.25, -0.2) is 0 Å². The number of nitrogens with zero attached hydrogens (tertiary/aromatic N) is 2. The van der Waals surface area contributed by atoms with Gasteiger partial charge >= 0.3 is 0 Å². The van der Waals surface area contributed by atoms with Crippen molar-refractivity contribution in [3.8, 4) is 6.07 Å². The van der Waals surface area contributed by atoms with E-state index in [0.29, 0.717) is 12.1 Å². The molecule has 1 aromatic heterocycles. The van der Waals surface area contributed by atoms with Crippen molar-refractivity contribution in [1.82, 2.24) is 4.57 Å². The van der Waals surface area contributed by atoms with E-state index in [-0.39, 0.29) is 11.7 Å². The number of aromatic nitrogens is 1. The molecule has 0 aliphatic heterocycles. The fraction of sp³-hybridized carbons (Fsp3) is 0.400. The van der Waals surface area contributed by atoms with E-state index in [0.717, 1.165) is 0 Å². The van der Waals surface area contributed by atoms with Crippen molar-refractivity contribution < 1.29 is 4.79 Å². The Kier molecular flexibility index (Phi) is 2.86. The molecule has 0 unspecified atom stereocenters. The molecule has 0 atom stereocenters. The number of ketones is 1. The van der Waals surface area contributed by atoms with E-state index in [1.807, 2.05) is 19.9 Å². The first kappa shape index (κ1) is 9.53. The Hall–Kier alpha value is -1.56. The van der Waals surface area contributed by atoms with E-state index in [1.165, 1.54) is 0 Å². The molecule has 0 aliphatic rings.